The summed E-state index contributed by atoms with van der Waals surface area (Å²) in [6, 6.07) is 3.88. The number of aromatic nitrogens is 2. The Morgan fingerprint density at radius 1 is 1.34 bits per heavy atom. The van der Waals surface area contributed by atoms with Crippen molar-refractivity contribution in [3.8, 4) is 5.88 Å². The molecular formula is C20H22ClF2N5O3S. The number of anilines is 1. The highest BCUT2D eigenvalue weighted by molar-refractivity contribution is 8.13. The van der Waals surface area contributed by atoms with Gasteiger partial charge in [0.1, 0.15) is 11.5 Å². The van der Waals surface area contributed by atoms with Crippen LogP contribution in [0.3, 0.4) is 0 Å². The molecular weight excluding hydrogens is 464 g/mol. The average Bonchev–Trinajstić information content (AvgIpc) is 3.11. The molecule has 2 aliphatic rings. The first kappa shape index (κ1) is 24.1. The number of ether oxygens (including phenoxy) is 2. The van der Waals surface area contributed by atoms with Crippen LogP contribution in [-0.4, -0.2) is 52.3 Å². The number of alkyl halides is 1. The highest BCUT2D eigenvalue weighted by Crippen LogP contribution is 2.50. The van der Waals surface area contributed by atoms with Crippen LogP contribution in [0.1, 0.15) is 29.4 Å². The van der Waals surface area contributed by atoms with Gasteiger partial charge in [-0.2, -0.15) is 0 Å². The molecule has 3 heterocycles. The number of halogens is 3. The molecule has 8 nitrogen and oxygen atoms in total. The first-order valence-corrected chi connectivity index (χ1v) is 10.7. The topological polar surface area (TPSA) is 112 Å². The lowest BCUT2D eigenvalue weighted by molar-refractivity contribution is 0.102. The Balaban J connectivity index is 0.00000289. The van der Waals surface area contributed by atoms with E-state index in [2.05, 4.69) is 20.3 Å². The number of fused-ring (bicyclic) bond motifs is 1. The van der Waals surface area contributed by atoms with Crippen LogP contribution in [0.5, 0.6) is 5.88 Å². The van der Waals surface area contributed by atoms with E-state index in [0.29, 0.717) is 12.5 Å². The zero-order valence-electron chi connectivity index (χ0n) is 17.1. The molecule has 1 aromatic heterocycles. The SMILES string of the molecule is CCCOc1cnc(C(=O)Nc2ccc(F)c([C@]34COC[C@@]3(F)CSC(N)=N4)c2)cn1.Cl. The molecule has 2 atom stereocenters. The number of hydrogen-bond donors (Lipinski definition) is 2. The minimum Gasteiger partial charge on any atom is -0.477 e. The number of aliphatic imine (C=N–C) groups is 1. The zero-order chi connectivity index (χ0) is 22.1. The first-order valence-electron chi connectivity index (χ1n) is 9.68. The molecule has 1 fully saturated rings. The van der Waals surface area contributed by atoms with Gasteiger partial charge in [0.05, 0.1) is 32.2 Å². The predicted molar refractivity (Wildman–Crippen MR) is 120 cm³/mol. The number of nitrogens with two attached hydrogens (primary N) is 1. The Hall–Kier alpha value is -2.50. The monoisotopic (exact) mass is 485 g/mol. The number of nitrogens with one attached hydrogen (secondary N) is 1. The third kappa shape index (κ3) is 4.37. The van der Waals surface area contributed by atoms with Crippen LogP contribution in [-0.2, 0) is 10.3 Å². The Morgan fingerprint density at radius 2 is 2.16 bits per heavy atom. The minimum absolute atomic E-state index is 0. The van der Waals surface area contributed by atoms with Crippen molar-refractivity contribution in [3.05, 3.63) is 47.7 Å². The maximum atomic E-state index is 15.6. The minimum atomic E-state index is -1.91. The lowest BCUT2D eigenvalue weighted by atomic mass is 9.79. The number of thioether (sulfide) groups is 1. The van der Waals surface area contributed by atoms with Crippen molar-refractivity contribution in [3.63, 3.8) is 0 Å². The van der Waals surface area contributed by atoms with Gasteiger partial charge in [0, 0.05) is 17.0 Å². The third-order valence-electron chi connectivity index (χ3n) is 5.12. The van der Waals surface area contributed by atoms with Gasteiger partial charge in [-0.25, -0.2) is 23.7 Å². The van der Waals surface area contributed by atoms with Gasteiger partial charge in [0.15, 0.2) is 16.4 Å². The number of amidine groups is 1. The normalized spacial score (nSPS) is 24.2. The van der Waals surface area contributed by atoms with E-state index in [1.807, 2.05) is 6.92 Å². The molecule has 0 radical (unpaired) electrons. The highest BCUT2D eigenvalue weighted by Gasteiger charge is 2.61. The summed E-state index contributed by atoms with van der Waals surface area (Å²) < 4.78 is 41.1. The van der Waals surface area contributed by atoms with Gasteiger partial charge in [0.2, 0.25) is 5.88 Å². The number of rotatable bonds is 6. The van der Waals surface area contributed by atoms with Gasteiger partial charge in [-0.3, -0.25) is 4.79 Å². The van der Waals surface area contributed by atoms with Crippen molar-refractivity contribution in [1.29, 1.82) is 0 Å². The number of benzene rings is 1. The van der Waals surface area contributed by atoms with Gasteiger partial charge in [0.25, 0.3) is 5.91 Å². The van der Waals surface area contributed by atoms with Crippen molar-refractivity contribution < 1.29 is 23.0 Å². The molecule has 0 spiro atoms. The molecule has 32 heavy (non-hydrogen) atoms. The second-order valence-corrected chi connectivity index (χ2v) is 8.29. The van der Waals surface area contributed by atoms with Crippen LogP contribution >= 0.6 is 24.2 Å². The zero-order valence-corrected chi connectivity index (χ0v) is 18.8. The van der Waals surface area contributed by atoms with Crippen molar-refractivity contribution in [2.45, 2.75) is 24.6 Å². The van der Waals surface area contributed by atoms with Crippen molar-refractivity contribution >= 4 is 40.9 Å². The molecule has 1 saturated heterocycles. The molecule has 3 N–H and O–H groups in total. The van der Waals surface area contributed by atoms with Crippen LogP contribution in [0.4, 0.5) is 14.5 Å². The quantitative estimate of drug-likeness (QED) is 0.646. The third-order valence-corrected chi connectivity index (χ3v) is 6.11. The number of carbonyl (C=O) groups excluding carboxylic acids is 1. The summed E-state index contributed by atoms with van der Waals surface area (Å²) in [5.41, 5.74) is 2.59. The van der Waals surface area contributed by atoms with Crippen LogP contribution < -0.4 is 15.8 Å². The largest absolute Gasteiger partial charge is 0.477 e. The van der Waals surface area contributed by atoms with Gasteiger partial charge >= 0.3 is 0 Å². The van der Waals surface area contributed by atoms with Gasteiger partial charge in [-0.1, -0.05) is 18.7 Å². The van der Waals surface area contributed by atoms with Gasteiger partial charge in [-0.15, -0.1) is 12.4 Å². The summed E-state index contributed by atoms with van der Waals surface area (Å²) in [5, 5.41) is 2.79. The van der Waals surface area contributed by atoms with E-state index in [-0.39, 0.29) is 53.5 Å². The van der Waals surface area contributed by atoms with Crippen molar-refractivity contribution in [1.82, 2.24) is 9.97 Å². The van der Waals surface area contributed by atoms with E-state index >= 15 is 4.39 Å². The molecule has 0 saturated carbocycles. The molecule has 1 amide bonds. The van der Waals surface area contributed by atoms with E-state index in [1.165, 1.54) is 24.5 Å². The lowest BCUT2D eigenvalue weighted by Gasteiger charge is -2.38. The van der Waals surface area contributed by atoms with Crippen LogP contribution in [0.25, 0.3) is 0 Å². The first-order chi connectivity index (χ1) is 14.9. The van der Waals surface area contributed by atoms with Gasteiger partial charge < -0.3 is 20.5 Å². The smallest absolute Gasteiger partial charge is 0.275 e. The fraction of sp³-hybridized carbons (Fsp3) is 0.400. The van der Waals surface area contributed by atoms with E-state index in [9.17, 15) is 9.18 Å². The van der Waals surface area contributed by atoms with Crippen LogP contribution in [0.2, 0.25) is 0 Å². The maximum absolute atomic E-state index is 15.6. The molecule has 12 heteroatoms. The Bertz CT molecular complexity index is 1030. The number of amides is 1. The molecule has 2 aliphatic heterocycles. The summed E-state index contributed by atoms with van der Waals surface area (Å²) in [6.45, 7) is 2.09. The summed E-state index contributed by atoms with van der Waals surface area (Å²) in [7, 11) is 0. The van der Waals surface area contributed by atoms with Crippen LogP contribution in [0.15, 0.2) is 35.6 Å². The molecule has 0 bridgehead atoms. The molecule has 0 unspecified atom stereocenters. The molecule has 1 aromatic carbocycles. The van der Waals surface area contributed by atoms with E-state index in [4.69, 9.17) is 15.2 Å². The maximum Gasteiger partial charge on any atom is 0.275 e. The fourth-order valence-electron chi connectivity index (χ4n) is 3.52. The summed E-state index contributed by atoms with van der Waals surface area (Å²) >= 11 is 1.07. The standard InChI is InChI=1S/C20H21F2N5O3S.ClH/c1-2-5-30-16-8-24-15(7-25-16)17(28)26-12-3-4-14(21)13(6-12)20-10-29-9-19(20,22)11-31-18(23)27-20;/h3-4,6-8H,2,5,9-11H2,1H3,(H2,23,27)(H,26,28);1H/t19-,20-;/m1./s1. The highest BCUT2D eigenvalue weighted by atomic mass is 35.5. The van der Waals surface area contributed by atoms with Crippen molar-refractivity contribution in [2.24, 2.45) is 10.7 Å². The number of carbonyl (C=O) groups is 1. The second-order valence-electron chi connectivity index (χ2n) is 7.29. The summed E-state index contributed by atoms with van der Waals surface area (Å²) in [6.07, 6.45) is 3.45. The van der Waals surface area contributed by atoms with E-state index in [0.717, 1.165) is 24.2 Å². The number of hydrogen-bond acceptors (Lipinski definition) is 8. The fourth-order valence-corrected chi connectivity index (χ4v) is 4.44. The summed E-state index contributed by atoms with van der Waals surface area (Å²) in [5.74, 6) is -0.902. The second kappa shape index (κ2) is 9.55. The Labute approximate surface area is 193 Å². The lowest BCUT2D eigenvalue weighted by Crippen LogP contribution is -2.52. The van der Waals surface area contributed by atoms with E-state index < -0.39 is 22.9 Å². The molecule has 0 aliphatic carbocycles. The Kier molecular flexibility index (Phi) is 7.21. The average molecular weight is 486 g/mol. The Morgan fingerprint density at radius 3 is 2.88 bits per heavy atom. The number of nitrogens with zero attached hydrogens (tertiary/aromatic N) is 3. The molecule has 4 rings (SSSR count). The predicted octanol–water partition coefficient (Wildman–Crippen LogP) is 3.07. The molecule has 2 aromatic rings. The summed E-state index contributed by atoms with van der Waals surface area (Å²) in [4.78, 5) is 24.9. The van der Waals surface area contributed by atoms with Crippen molar-refractivity contribution in [2.75, 3.05) is 30.9 Å². The molecule has 172 valence electrons. The van der Waals surface area contributed by atoms with Gasteiger partial charge in [-0.05, 0) is 24.6 Å². The van der Waals surface area contributed by atoms with E-state index in [1.54, 1.807) is 0 Å². The van der Waals surface area contributed by atoms with Crippen LogP contribution in [0, 0.1) is 5.82 Å².